The van der Waals surface area contributed by atoms with E-state index in [1.807, 2.05) is 6.07 Å². The van der Waals surface area contributed by atoms with Crippen LogP contribution < -0.4 is 15.7 Å². The molecule has 39 heavy (non-hydrogen) atoms. The number of nitrogens with zero attached hydrogens (tertiary/aromatic N) is 2. The Morgan fingerprint density at radius 3 is 2.28 bits per heavy atom. The predicted octanol–water partition coefficient (Wildman–Crippen LogP) is 5.64. The molecule has 4 rings (SSSR count). The zero-order valence-corrected chi connectivity index (χ0v) is 24.9. The lowest BCUT2D eigenvalue weighted by Gasteiger charge is -2.42. The molecule has 0 fully saturated rings. The number of fused-ring (bicyclic) bond motifs is 2. The largest absolute Gasteiger partial charge is 0.541 e. The van der Waals surface area contributed by atoms with E-state index in [1.54, 1.807) is 30.3 Å². The molecule has 9 heteroatoms. The molecule has 0 saturated carbocycles. The number of nitrogens with two attached hydrogens (primary N) is 1. The van der Waals surface area contributed by atoms with Crippen LogP contribution in [0.2, 0.25) is 16.6 Å². The van der Waals surface area contributed by atoms with Gasteiger partial charge in [-0.05, 0) is 63.5 Å². The highest BCUT2D eigenvalue weighted by Crippen LogP contribution is 2.47. The molecule has 0 radical (unpaired) electrons. The van der Waals surface area contributed by atoms with Crippen LogP contribution in [-0.4, -0.2) is 37.1 Å². The Morgan fingerprint density at radius 1 is 1.10 bits per heavy atom. The molecule has 3 N–H and O–H groups in total. The Morgan fingerprint density at radius 2 is 1.72 bits per heavy atom. The quantitative estimate of drug-likeness (QED) is 0.156. The van der Waals surface area contributed by atoms with Crippen molar-refractivity contribution in [1.82, 2.24) is 15.3 Å². The summed E-state index contributed by atoms with van der Waals surface area (Å²) in [6.45, 7) is 13.6. The van der Waals surface area contributed by atoms with Crippen molar-refractivity contribution < 1.29 is 18.4 Å². The minimum absolute atomic E-state index is 0.0134. The van der Waals surface area contributed by atoms with E-state index in [0.29, 0.717) is 29.8 Å². The van der Waals surface area contributed by atoms with Gasteiger partial charge in [0.05, 0.1) is 12.0 Å². The first-order chi connectivity index (χ1) is 18.4. The lowest BCUT2D eigenvalue weighted by atomic mass is 9.93. The van der Waals surface area contributed by atoms with Crippen LogP contribution in [0.4, 0.5) is 4.39 Å². The van der Waals surface area contributed by atoms with Gasteiger partial charge in [0.1, 0.15) is 17.1 Å². The minimum Gasteiger partial charge on any atom is -0.541 e. The predicted molar refractivity (Wildman–Crippen MR) is 154 cm³/mol. The number of hydrazine groups is 1. The van der Waals surface area contributed by atoms with Crippen LogP contribution in [-0.2, 0) is 24.2 Å². The van der Waals surface area contributed by atoms with Crippen molar-refractivity contribution in [2.24, 2.45) is 5.84 Å². The molecule has 1 aromatic heterocycles. The van der Waals surface area contributed by atoms with Gasteiger partial charge >= 0.3 is 0 Å². The number of rotatable bonds is 9. The molecule has 7 nitrogen and oxygen atoms in total. The van der Waals surface area contributed by atoms with Gasteiger partial charge in [0.25, 0.3) is 14.2 Å². The molecule has 2 heterocycles. The molecule has 2 aromatic carbocycles. The van der Waals surface area contributed by atoms with Crippen molar-refractivity contribution in [1.29, 1.82) is 0 Å². The van der Waals surface area contributed by atoms with Gasteiger partial charge in [-0.3, -0.25) is 20.0 Å². The fourth-order valence-electron chi connectivity index (χ4n) is 6.37. The summed E-state index contributed by atoms with van der Waals surface area (Å²) in [6, 6.07) is 8.40. The highest BCUT2D eigenvalue weighted by Gasteiger charge is 2.49. The van der Waals surface area contributed by atoms with Gasteiger partial charge in [-0.25, -0.2) is 10.2 Å². The number of halogens is 1. The van der Waals surface area contributed by atoms with E-state index in [9.17, 15) is 14.0 Å². The van der Waals surface area contributed by atoms with Crippen molar-refractivity contribution in [2.45, 2.75) is 77.6 Å². The highest BCUT2D eigenvalue weighted by molar-refractivity contribution is 6.78. The molecule has 0 aliphatic carbocycles. The summed E-state index contributed by atoms with van der Waals surface area (Å²) in [7, 11) is -0.703. The molecule has 0 atom stereocenters. The summed E-state index contributed by atoms with van der Waals surface area (Å²) in [5.74, 6) is 5.24. The van der Waals surface area contributed by atoms with Crippen LogP contribution in [0.5, 0.6) is 5.75 Å². The highest BCUT2D eigenvalue weighted by atomic mass is 28.4. The Balaban J connectivity index is 2.01. The Hall–Kier alpha value is -3.30. The summed E-state index contributed by atoms with van der Waals surface area (Å²) in [4.78, 5) is 32.7. The molecule has 0 spiro atoms. The molecule has 208 valence electrons. The summed E-state index contributed by atoms with van der Waals surface area (Å²) >= 11 is 0. The summed E-state index contributed by atoms with van der Waals surface area (Å²) < 4.78 is 20.7. The smallest absolute Gasteiger partial charge is 0.258 e. The summed E-state index contributed by atoms with van der Waals surface area (Å²) in [5.41, 5.74) is 7.55. The molecular formula is C30H39FN4O3Si. The fourth-order valence-corrected chi connectivity index (χ4v) is 11.6. The maximum absolute atomic E-state index is 13.6. The van der Waals surface area contributed by atoms with E-state index < -0.39 is 8.32 Å². The third-order valence-corrected chi connectivity index (χ3v) is 14.1. The van der Waals surface area contributed by atoms with Crippen molar-refractivity contribution in [3.05, 3.63) is 70.2 Å². The molecule has 0 saturated heterocycles. The summed E-state index contributed by atoms with van der Waals surface area (Å²) in [5, 5.41) is 0.772. The Kier molecular flexibility index (Phi) is 8.14. The maximum atomic E-state index is 13.6. The molecular weight excluding hydrogens is 511 g/mol. The maximum Gasteiger partial charge on any atom is 0.258 e. The van der Waals surface area contributed by atoms with Crippen molar-refractivity contribution in [3.8, 4) is 5.75 Å². The summed E-state index contributed by atoms with van der Waals surface area (Å²) in [6.07, 6.45) is 2.34. The average molecular weight is 551 g/mol. The first-order valence-electron chi connectivity index (χ1n) is 13.5. The van der Waals surface area contributed by atoms with E-state index in [-0.39, 0.29) is 40.7 Å². The lowest BCUT2D eigenvalue weighted by Crippen LogP contribution is -2.51. The standard InChI is InChI=1S/C30H39FN4O3Si/c1-17(2)39(18(3)4,19(5)6)38-29-27-25(16-35(7)30(27)37)23(14-26(36)34-32)24-13-21(15-33-28(24)29)12-20-8-10-22(31)11-9-20/h8-11,13,15,17-19H,12,14,16,32H2,1-7H3,(H,34,36). The lowest BCUT2D eigenvalue weighted by molar-refractivity contribution is -0.120. The van der Waals surface area contributed by atoms with Gasteiger partial charge in [0.15, 0.2) is 0 Å². The number of hydrogen-bond donors (Lipinski definition) is 2. The number of nitrogens with one attached hydrogen (secondary N) is 1. The van der Waals surface area contributed by atoms with Gasteiger partial charge < -0.3 is 9.33 Å². The Bertz CT molecular complexity index is 1380. The molecule has 2 amide bonds. The number of amides is 2. The molecule has 0 bridgehead atoms. The van der Waals surface area contributed by atoms with Crippen molar-refractivity contribution in [3.63, 3.8) is 0 Å². The van der Waals surface area contributed by atoms with Gasteiger partial charge in [0, 0.05) is 25.2 Å². The Labute approximate surface area is 231 Å². The van der Waals surface area contributed by atoms with Gasteiger partial charge in [0.2, 0.25) is 5.91 Å². The molecule has 1 aliphatic rings. The van der Waals surface area contributed by atoms with E-state index in [2.05, 4.69) is 47.0 Å². The molecule has 1 aliphatic heterocycles. The van der Waals surface area contributed by atoms with Crippen molar-refractivity contribution in [2.75, 3.05) is 7.05 Å². The minimum atomic E-state index is -2.46. The zero-order chi connectivity index (χ0) is 28.6. The number of aromatic nitrogens is 1. The molecule has 0 unspecified atom stereocenters. The van der Waals surface area contributed by atoms with Crippen LogP contribution in [0.3, 0.4) is 0 Å². The third-order valence-electron chi connectivity index (χ3n) is 8.14. The number of carbonyl (C=O) groups is 2. The first kappa shape index (κ1) is 28.7. The van der Waals surface area contributed by atoms with Crippen LogP contribution in [0.15, 0.2) is 36.5 Å². The van der Waals surface area contributed by atoms with Crippen LogP contribution in [0.1, 0.15) is 74.2 Å². The van der Waals surface area contributed by atoms with E-state index in [4.69, 9.17) is 15.3 Å². The third kappa shape index (κ3) is 5.17. The van der Waals surface area contributed by atoms with Crippen molar-refractivity contribution >= 4 is 31.0 Å². The van der Waals surface area contributed by atoms with Crippen LogP contribution >= 0.6 is 0 Å². The average Bonchev–Trinajstić information content (AvgIpc) is 3.18. The first-order valence-corrected chi connectivity index (χ1v) is 15.7. The van der Waals surface area contributed by atoms with Gasteiger partial charge in [-0.15, -0.1) is 0 Å². The normalized spacial score (nSPS) is 13.6. The second-order valence-electron chi connectivity index (χ2n) is 11.5. The van der Waals surface area contributed by atoms with Gasteiger partial charge in [-0.2, -0.15) is 0 Å². The number of hydrogen-bond acceptors (Lipinski definition) is 5. The van der Waals surface area contributed by atoms with E-state index in [1.165, 1.54) is 12.1 Å². The second-order valence-corrected chi connectivity index (χ2v) is 16.9. The number of benzene rings is 2. The van der Waals surface area contributed by atoms with E-state index >= 15 is 0 Å². The monoisotopic (exact) mass is 550 g/mol. The van der Waals surface area contributed by atoms with Gasteiger partial charge in [-0.1, -0.05) is 53.7 Å². The molecule has 3 aromatic rings. The topological polar surface area (TPSA) is 97.5 Å². The SMILES string of the molecule is CC(C)[Si](Oc1c2c(c(CC(=O)NN)c3cc(Cc4ccc(F)cc4)cnc13)CN(C)C2=O)(C(C)C)C(C)C. The number of carbonyl (C=O) groups excluding carboxylic acids is 2. The second kappa shape index (κ2) is 11.1. The van der Waals surface area contributed by atoms with E-state index in [0.717, 1.165) is 27.6 Å². The van der Waals surface area contributed by atoms with Crippen LogP contribution in [0.25, 0.3) is 10.9 Å². The fraction of sp³-hybridized carbons (Fsp3) is 0.433. The number of pyridine rings is 1. The zero-order valence-electron chi connectivity index (χ0n) is 23.9. The van der Waals surface area contributed by atoms with Crippen LogP contribution in [0, 0.1) is 5.82 Å².